The molecule has 0 saturated heterocycles. The average molecular weight is 244 g/mol. The first-order valence-electron chi connectivity index (χ1n) is 5.19. The number of carbonyl (C=O) groups is 1. The van der Waals surface area contributed by atoms with Crippen LogP contribution in [-0.2, 0) is 4.74 Å². The first-order valence-corrected chi connectivity index (χ1v) is 6.01. The molecule has 0 amide bonds. The third-order valence-corrected chi connectivity index (χ3v) is 2.87. The van der Waals surface area contributed by atoms with E-state index in [1.54, 1.807) is 6.07 Å². The SMILES string of the molecule is CCCOCCOc1cc(C)sc1C(=O)O. The van der Waals surface area contributed by atoms with Gasteiger partial charge in [-0.1, -0.05) is 6.92 Å². The van der Waals surface area contributed by atoms with Crippen LogP contribution in [0.3, 0.4) is 0 Å². The van der Waals surface area contributed by atoms with Gasteiger partial charge < -0.3 is 14.6 Å². The van der Waals surface area contributed by atoms with Gasteiger partial charge in [-0.15, -0.1) is 11.3 Å². The number of rotatable bonds is 7. The minimum atomic E-state index is -0.942. The Bertz CT molecular complexity index is 346. The second kappa shape index (κ2) is 6.50. The summed E-state index contributed by atoms with van der Waals surface area (Å²) < 4.78 is 10.6. The van der Waals surface area contributed by atoms with Crippen LogP contribution >= 0.6 is 11.3 Å². The largest absolute Gasteiger partial charge is 0.489 e. The molecule has 0 unspecified atom stereocenters. The molecule has 0 saturated carbocycles. The highest BCUT2D eigenvalue weighted by Crippen LogP contribution is 2.28. The number of carboxylic acids is 1. The van der Waals surface area contributed by atoms with Crippen molar-refractivity contribution in [2.75, 3.05) is 19.8 Å². The predicted molar refractivity (Wildman–Crippen MR) is 62.6 cm³/mol. The summed E-state index contributed by atoms with van der Waals surface area (Å²) in [6.07, 6.45) is 0.970. The van der Waals surface area contributed by atoms with E-state index < -0.39 is 5.97 Å². The lowest BCUT2D eigenvalue weighted by molar-refractivity contribution is 0.0692. The van der Waals surface area contributed by atoms with E-state index in [4.69, 9.17) is 14.6 Å². The van der Waals surface area contributed by atoms with E-state index in [9.17, 15) is 4.79 Å². The van der Waals surface area contributed by atoms with E-state index in [0.717, 1.165) is 11.3 Å². The van der Waals surface area contributed by atoms with E-state index in [-0.39, 0.29) is 4.88 Å². The van der Waals surface area contributed by atoms with Gasteiger partial charge in [-0.25, -0.2) is 4.79 Å². The first kappa shape index (κ1) is 13.0. The molecule has 1 aromatic rings. The third kappa shape index (κ3) is 3.83. The van der Waals surface area contributed by atoms with Gasteiger partial charge in [0, 0.05) is 11.5 Å². The van der Waals surface area contributed by atoms with Crippen molar-refractivity contribution in [1.29, 1.82) is 0 Å². The zero-order valence-electron chi connectivity index (χ0n) is 9.49. The molecule has 0 aliphatic heterocycles. The molecular formula is C11H16O4S. The van der Waals surface area contributed by atoms with Gasteiger partial charge in [0.1, 0.15) is 12.4 Å². The summed E-state index contributed by atoms with van der Waals surface area (Å²) in [4.78, 5) is 12.1. The van der Waals surface area contributed by atoms with Crippen LogP contribution in [0.1, 0.15) is 27.9 Å². The summed E-state index contributed by atoms with van der Waals surface area (Å²) in [5, 5.41) is 8.92. The fourth-order valence-electron chi connectivity index (χ4n) is 1.20. The molecule has 1 N–H and O–H groups in total. The quantitative estimate of drug-likeness (QED) is 0.749. The lowest BCUT2D eigenvalue weighted by atomic mass is 10.4. The maximum atomic E-state index is 10.9. The van der Waals surface area contributed by atoms with Crippen molar-refractivity contribution in [3.05, 3.63) is 15.8 Å². The van der Waals surface area contributed by atoms with Crippen LogP contribution in [0, 0.1) is 6.92 Å². The molecule has 0 fully saturated rings. The summed E-state index contributed by atoms with van der Waals surface area (Å²) in [6, 6.07) is 1.74. The van der Waals surface area contributed by atoms with Crippen molar-refractivity contribution in [2.24, 2.45) is 0 Å². The molecule has 0 radical (unpaired) electrons. The highest BCUT2D eigenvalue weighted by Gasteiger charge is 2.14. The lowest BCUT2D eigenvalue weighted by Crippen LogP contribution is -2.08. The van der Waals surface area contributed by atoms with Crippen molar-refractivity contribution >= 4 is 17.3 Å². The standard InChI is InChI=1S/C11H16O4S/c1-3-4-14-5-6-15-9-7-8(2)16-10(9)11(12)13/h7H,3-6H2,1-2H3,(H,12,13). The molecule has 0 aliphatic rings. The Balaban J connectivity index is 2.44. The van der Waals surface area contributed by atoms with Crippen molar-refractivity contribution in [1.82, 2.24) is 0 Å². The van der Waals surface area contributed by atoms with Crippen molar-refractivity contribution in [3.63, 3.8) is 0 Å². The highest BCUT2D eigenvalue weighted by molar-refractivity contribution is 7.14. The fourth-order valence-corrected chi connectivity index (χ4v) is 2.00. The Morgan fingerprint density at radius 3 is 2.81 bits per heavy atom. The first-order chi connectivity index (χ1) is 7.65. The summed E-state index contributed by atoms with van der Waals surface area (Å²) in [5.41, 5.74) is 0. The van der Waals surface area contributed by atoms with Gasteiger partial charge in [0.15, 0.2) is 4.88 Å². The summed E-state index contributed by atoms with van der Waals surface area (Å²) in [5.74, 6) is -0.502. The molecule has 0 aliphatic carbocycles. The number of hydrogen-bond donors (Lipinski definition) is 1. The number of hydrogen-bond acceptors (Lipinski definition) is 4. The smallest absolute Gasteiger partial charge is 0.349 e. The number of aryl methyl sites for hydroxylation is 1. The van der Waals surface area contributed by atoms with Crippen LogP contribution in [0.2, 0.25) is 0 Å². The predicted octanol–water partition coefficient (Wildman–Crippen LogP) is 2.56. The Labute approximate surface area is 98.8 Å². The van der Waals surface area contributed by atoms with Crippen molar-refractivity contribution < 1.29 is 19.4 Å². The van der Waals surface area contributed by atoms with Gasteiger partial charge in [-0.2, -0.15) is 0 Å². The Kier molecular flexibility index (Phi) is 5.28. The summed E-state index contributed by atoms with van der Waals surface area (Å²) in [6.45, 7) is 5.47. The molecule has 16 heavy (non-hydrogen) atoms. The zero-order chi connectivity index (χ0) is 12.0. The number of aromatic carboxylic acids is 1. The summed E-state index contributed by atoms with van der Waals surface area (Å²) >= 11 is 1.23. The van der Waals surface area contributed by atoms with Crippen molar-refractivity contribution in [2.45, 2.75) is 20.3 Å². The van der Waals surface area contributed by atoms with E-state index in [0.29, 0.717) is 25.6 Å². The number of carboxylic acid groups (broad SMARTS) is 1. The molecule has 4 nitrogen and oxygen atoms in total. The highest BCUT2D eigenvalue weighted by atomic mass is 32.1. The van der Waals surface area contributed by atoms with Gasteiger partial charge in [-0.05, 0) is 19.4 Å². The molecule has 1 rings (SSSR count). The molecule has 0 spiro atoms. The maximum Gasteiger partial charge on any atom is 0.349 e. The van der Waals surface area contributed by atoms with Gasteiger partial charge in [-0.3, -0.25) is 0 Å². The normalized spacial score (nSPS) is 10.4. The van der Waals surface area contributed by atoms with Gasteiger partial charge in [0.2, 0.25) is 0 Å². The van der Waals surface area contributed by atoms with E-state index >= 15 is 0 Å². The summed E-state index contributed by atoms with van der Waals surface area (Å²) in [7, 11) is 0. The van der Waals surface area contributed by atoms with Gasteiger partial charge in [0.05, 0.1) is 6.61 Å². The van der Waals surface area contributed by atoms with E-state index in [1.807, 2.05) is 13.8 Å². The number of ether oxygens (including phenoxy) is 2. The third-order valence-electron chi connectivity index (χ3n) is 1.85. The molecular weight excluding hydrogens is 228 g/mol. The fraction of sp³-hybridized carbons (Fsp3) is 0.545. The molecule has 0 atom stereocenters. The van der Waals surface area contributed by atoms with Crippen LogP contribution in [0.5, 0.6) is 5.75 Å². The Morgan fingerprint density at radius 2 is 2.19 bits per heavy atom. The van der Waals surface area contributed by atoms with Crippen LogP contribution in [0.15, 0.2) is 6.07 Å². The molecule has 1 heterocycles. The van der Waals surface area contributed by atoms with Crippen LogP contribution in [0.25, 0.3) is 0 Å². The maximum absolute atomic E-state index is 10.9. The Morgan fingerprint density at radius 1 is 1.44 bits per heavy atom. The molecule has 90 valence electrons. The van der Waals surface area contributed by atoms with E-state index in [2.05, 4.69) is 0 Å². The van der Waals surface area contributed by atoms with Crippen LogP contribution < -0.4 is 4.74 Å². The van der Waals surface area contributed by atoms with E-state index in [1.165, 1.54) is 11.3 Å². The molecule has 0 bridgehead atoms. The molecule has 1 aromatic heterocycles. The minimum absolute atomic E-state index is 0.257. The topological polar surface area (TPSA) is 55.8 Å². The average Bonchev–Trinajstić information content (AvgIpc) is 2.59. The Hall–Kier alpha value is -1.07. The van der Waals surface area contributed by atoms with Crippen molar-refractivity contribution in [3.8, 4) is 5.75 Å². The van der Waals surface area contributed by atoms with Crippen LogP contribution in [0.4, 0.5) is 0 Å². The number of thiophene rings is 1. The minimum Gasteiger partial charge on any atom is -0.489 e. The van der Waals surface area contributed by atoms with Crippen LogP contribution in [-0.4, -0.2) is 30.9 Å². The molecule has 0 aromatic carbocycles. The van der Waals surface area contributed by atoms with Gasteiger partial charge in [0.25, 0.3) is 0 Å². The lowest BCUT2D eigenvalue weighted by Gasteiger charge is -2.05. The zero-order valence-corrected chi connectivity index (χ0v) is 10.3. The van der Waals surface area contributed by atoms with Gasteiger partial charge >= 0.3 is 5.97 Å². The second-order valence-electron chi connectivity index (χ2n) is 3.32. The second-order valence-corrected chi connectivity index (χ2v) is 4.57. The molecule has 5 heteroatoms. The monoisotopic (exact) mass is 244 g/mol.